The van der Waals surface area contributed by atoms with E-state index >= 15 is 0 Å². The SMILES string of the molecule is COc1ccc(S(=O)(=O)NCC2CN(c3cccc(F)c3)C(=O)O2)cc1C. The fraction of sp³-hybridized carbons (Fsp3) is 0.278. The molecule has 144 valence electrons. The first kappa shape index (κ1) is 19.1. The molecule has 1 atom stereocenters. The Balaban J connectivity index is 1.66. The number of aryl methyl sites for hydroxylation is 1. The molecular weight excluding hydrogens is 375 g/mol. The van der Waals surface area contributed by atoms with Gasteiger partial charge in [-0.3, -0.25) is 4.90 Å². The molecule has 0 bridgehead atoms. The van der Waals surface area contributed by atoms with E-state index in [0.717, 1.165) is 0 Å². The van der Waals surface area contributed by atoms with Gasteiger partial charge in [0.25, 0.3) is 0 Å². The number of benzene rings is 2. The minimum atomic E-state index is -3.78. The molecule has 9 heteroatoms. The van der Waals surface area contributed by atoms with Crippen molar-refractivity contribution in [3.8, 4) is 5.75 Å². The molecule has 0 radical (unpaired) electrons. The third-order valence-electron chi connectivity index (χ3n) is 4.17. The lowest BCUT2D eigenvalue weighted by Crippen LogP contribution is -2.34. The van der Waals surface area contributed by atoms with Crippen molar-refractivity contribution in [3.63, 3.8) is 0 Å². The fourth-order valence-corrected chi connectivity index (χ4v) is 3.94. The van der Waals surface area contributed by atoms with Crippen molar-refractivity contribution in [1.29, 1.82) is 0 Å². The van der Waals surface area contributed by atoms with E-state index in [-0.39, 0.29) is 18.0 Å². The first-order valence-corrected chi connectivity index (χ1v) is 9.66. The molecule has 1 aliphatic rings. The number of nitrogens with zero attached hydrogens (tertiary/aromatic N) is 1. The van der Waals surface area contributed by atoms with E-state index in [1.165, 1.54) is 42.3 Å². The fourth-order valence-electron chi connectivity index (χ4n) is 2.79. The van der Waals surface area contributed by atoms with Crippen LogP contribution in [-0.4, -0.2) is 40.8 Å². The zero-order valence-electron chi connectivity index (χ0n) is 14.8. The molecule has 7 nitrogen and oxygen atoms in total. The summed E-state index contributed by atoms with van der Waals surface area (Å²) in [6.45, 7) is 1.77. The Hall–Kier alpha value is -2.65. The normalized spacial score (nSPS) is 17.1. The Kier molecular flexibility index (Phi) is 5.33. The van der Waals surface area contributed by atoms with Gasteiger partial charge >= 0.3 is 6.09 Å². The van der Waals surface area contributed by atoms with Crippen molar-refractivity contribution < 1.29 is 27.1 Å². The molecule has 27 heavy (non-hydrogen) atoms. The number of carbonyl (C=O) groups excluding carboxylic acids is 1. The largest absolute Gasteiger partial charge is 0.496 e. The van der Waals surface area contributed by atoms with Crippen LogP contribution in [0.25, 0.3) is 0 Å². The summed E-state index contributed by atoms with van der Waals surface area (Å²) in [6.07, 6.45) is -1.33. The van der Waals surface area contributed by atoms with Gasteiger partial charge in [0.05, 0.1) is 24.2 Å². The van der Waals surface area contributed by atoms with Gasteiger partial charge in [0.15, 0.2) is 0 Å². The number of anilines is 1. The zero-order chi connectivity index (χ0) is 19.6. The number of amides is 1. The summed E-state index contributed by atoms with van der Waals surface area (Å²) in [5, 5.41) is 0. The van der Waals surface area contributed by atoms with Crippen LogP contribution in [0, 0.1) is 12.7 Å². The Morgan fingerprint density at radius 3 is 2.74 bits per heavy atom. The van der Waals surface area contributed by atoms with Gasteiger partial charge in [-0.1, -0.05) is 6.07 Å². The van der Waals surface area contributed by atoms with Crippen molar-refractivity contribution in [2.75, 3.05) is 25.1 Å². The third-order valence-corrected chi connectivity index (χ3v) is 5.59. The molecular formula is C18H19FN2O5S. The van der Waals surface area contributed by atoms with Crippen LogP contribution in [0.2, 0.25) is 0 Å². The van der Waals surface area contributed by atoms with Gasteiger partial charge < -0.3 is 9.47 Å². The van der Waals surface area contributed by atoms with Crippen LogP contribution in [0.5, 0.6) is 5.75 Å². The highest BCUT2D eigenvalue weighted by molar-refractivity contribution is 7.89. The average Bonchev–Trinajstić information content (AvgIpc) is 3.01. The highest BCUT2D eigenvalue weighted by Crippen LogP contribution is 2.23. The maximum absolute atomic E-state index is 13.3. The van der Waals surface area contributed by atoms with Crippen molar-refractivity contribution in [2.24, 2.45) is 0 Å². The first-order chi connectivity index (χ1) is 12.8. The summed E-state index contributed by atoms with van der Waals surface area (Å²) in [5.41, 5.74) is 1.04. The quantitative estimate of drug-likeness (QED) is 0.814. The van der Waals surface area contributed by atoms with Gasteiger partial charge in [0.2, 0.25) is 10.0 Å². The Morgan fingerprint density at radius 2 is 2.07 bits per heavy atom. The minimum absolute atomic E-state index is 0.0899. The topological polar surface area (TPSA) is 84.9 Å². The molecule has 1 unspecified atom stereocenters. The van der Waals surface area contributed by atoms with Crippen LogP contribution in [0.4, 0.5) is 14.9 Å². The van der Waals surface area contributed by atoms with Gasteiger partial charge in [-0.05, 0) is 48.9 Å². The number of hydrogen-bond acceptors (Lipinski definition) is 5. The number of sulfonamides is 1. The monoisotopic (exact) mass is 394 g/mol. The van der Waals surface area contributed by atoms with E-state index < -0.39 is 28.0 Å². The second-order valence-corrected chi connectivity index (χ2v) is 7.85. The van der Waals surface area contributed by atoms with Gasteiger partial charge in [0, 0.05) is 6.54 Å². The zero-order valence-corrected chi connectivity index (χ0v) is 15.6. The van der Waals surface area contributed by atoms with E-state index in [0.29, 0.717) is 17.0 Å². The molecule has 1 saturated heterocycles. The lowest BCUT2D eigenvalue weighted by atomic mass is 10.2. The lowest BCUT2D eigenvalue weighted by Gasteiger charge is -2.13. The molecule has 1 fully saturated rings. The van der Waals surface area contributed by atoms with Crippen LogP contribution in [-0.2, 0) is 14.8 Å². The predicted octanol–water partition coefficient (Wildman–Crippen LogP) is 2.45. The number of ether oxygens (including phenoxy) is 2. The highest BCUT2D eigenvalue weighted by Gasteiger charge is 2.33. The van der Waals surface area contributed by atoms with Crippen LogP contribution in [0.15, 0.2) is 47.4 Å². The van der Waals surface area contributed by atoms with Crippen molar-refractivity contribution >= 4 is 21.8 Å². The predicted molar refractivity (Wildman–Crippen MR) is 96.9 cm³/mol. The highest BCUT2D eigenvalue weighted by atomic mass is 32.2. The van der Waals surface area contributed by atoms with Gasteiger partial charge in [-0.2, -0.15) is 0 Å². The van der Waals surface area contributed by atoms with Crippen molar-refractivity contribution in [2.45, 2.75) is 17.9 Å². The smallest absolute Gasteiger partial charge is 0.414 e. The molecule has 2 aromatic rings. The molecule has 0 aromatic heterocycles. The Morgan fingerprint density at radius 1 is 1.30 bits per heavy atom. The number of hydrogen-bond donors (Lipinski definition) is 1. The minimum Gasteiger partial charge on any atom is -0.496 e. The lowest BCUT2D eigenvalue weighted by molar-refractivity contribution is 0.143. The average molecular weight is 394 g/mol. The van der Waals surface area contributed by atoms with Crippen LogP contribution < -0.4 is 14.4 Å². The molecule has 3 rings (SSSR count). The molecule has 0 saturated carbocycles. The van der Waals surface area contributed by atoms with E-state index in [2.05, 4.69) is 4.72 Å². The van der Waals surface area contributed by atoms with Crippen molar-refractivity contribution in [3.05, 3.63) is 53.8 Å². The summed E-state index contributed by atoms with van der Waals surface area (Å²) in [5.74, 6) is 0.115. The summed E-state index contributed by atoms with van der Waals surface area (Å²) in [7, 11) is -2.27. The van der Waals surface area contributed by atoms with Gasteiger partial charge in [-0.25, -0.2) is 22.3 Å². The van der Waals surface area contributed by atoms with E-state index in [1.54, 1.807) is 19.1 Å². The molecule has 1 amide bonds. The Labute approximate surface area is 156 Å². The number of methoxy groups -OCH3 is 1. The van der Waals surface area contributed by atoms with E-state index in [4.69, 9.17) is 9.47 Å². The number of halogens is 1. The van der Waals surface area contributed by atoms with Crippen LogP contribution in [0.3, 0.4) is 0 Å². The molecule has 0 aliphatic carbocycles. The van der Waals surface area contributed by atoms with Crippen LogP contribution >= 0.6 is 0 Å². The second kappa shape index (κ2) is 7.53. The molecule has 1 heterocycles. The van der Waals surface area contributed by atoms with E-state index in [1.807, 2.05) is 0 Å². The Bertz CT molecular complexity index is 964. The second-order valence-electron chi connectivity index (χ2n) is 6.08. The number of nitrogens with one attached hydrogen (secondary N) is 1. The first-order valence-electron chi connectivity index (χ1n) is 8.18. The summed E-state index contributed by atoms with van der Waals surface area (Å²) in [4.78, 5) is 13.3. The number of carbonyl (C=O) groups is 1. The number of cyclic esters (lactones) is 1. The molecule has 2 aromatic carbocycles. The summed E-state index contributed by atoms with van der Waals surface area (Å²) < 4.78 is 51.0. The standard InChI is InChI=1S/C18H19FN2O5S/c1-12-8-16(6-7-17(12)25-2)27(23,24)20-10-15-11-21(18(22)26-15)14-5-3-4-13(19)9-14/h3-9,15,20H,10-11H2,1-2H3. The van der Waals surface area contributed by atoms with Gasteiger partial charge in [0.1, 0.15) is 17.7 Å². The van der Waals surface area contributed by atoms with Crippen molar-refractivity contribution in [1.82, 2.24) is 4.72 Å². The molecule has 1 aliphatic heterocycles. The molecule has 1 N–H and O–H groups in total. The van der Waals surface area contributed by atoms with E-state index in [9.17, 15) is 17.6 Å². The van der Waals surface area contributed by atoms with Gasteiger partial charge in [-0.15, -0.1) is 0 Å². The third kappa shape index (κ3) is 4.20. The maximum Gasteiger partial charge on any atom is 0.414 e. The summed E-state index contributed by atoms with van der Waals surface area (Å²) >= 11 is 0. The number of rotatable bonds is 6. The van der Waals surface area contributed by atoms with Crippen LogP contribution in [0.1, 0.15) is 5.56 Å². The summed E-state index contributed by atoms with van der Waals surface area (Å²) in [6, 6.07) is 10.1. The molecule has 0 spiro atoms. The maximum atomic E-state index is 13.3.